The van der Waals surface area contributed by atoms with Crippen LogP contribution in [0.2, 0.25) is 0 Å². The Kier molecular flexibility index (Phi) is 7.04. The Labute approximate surface area is 140 Å². The molecule has 0 aromatic carbocycles. The van der Waals surface area contributed by atoms with Gasteiger partial charge >= 0.3 is 0 Å². The molecule has 0 bridgehead atoms. The van der Waals surface area contributed by atoms with Crippen molar-refractivity contribution in [3.8, 4) is 12.3 Å². The van der Waals surface area contributed by atoms with Gasteiger partial charge in [-0.25, -0.2) is 0 Å². The van der Waals surface area contributed by atoms with Crippen molar-refractivity contribution in [1.29, 1.82) is 0 Å². The number of carbonyl (C=O) groups is 1. The number of nitrogens with zero attached hydrogens (tertiary/aromatic N) is 4. The number of carbonyl (C=O) groups excluding carboxylic acids is 1. The molecule has 2 aliphatic rings. The standard InChI is InChI=1S/C18H30N4O/c1-3-4-11-18(19-20-18)12-10-17(23)22-15-8-6-5-7-13-21(2)14-9-16-22/h1H,4-16H2,2H3. The Morgan fingerprint density at radius 2 is 1.70 bits per heavy atom. The van der Waals surface area contributed by atoms with Crippen molar-refractivity contribution in [2.45, 2.75) is 63.5 Å². The summed E-state index contributed by atoms with van der Waals surface area (Å²) >= 11 is 0. The predicted octanol–water partition coefficient (Wildman–Crippen LogP) is 3.07. The first-order valence-electron chi connectivity index (χ1n) is 8.99. The van der Waals surface area contributed by atoms with E-state index in [2.05, 4.69) is 33.0 Å². The summed E-state index contributed by atoms with van der Waals surface area (Å²) in [6, 6.07) is 0. The first kappa shape index (κ1) is 17.9. The molecule has 128 valence electrons. The highest BCUT2D eigenvalue weighted by atomic mass is 16.2. The third-order valence-electron chi connectivity index (χ3n) is 4.83. The highest BCUT2D eigenvalue weighted by molar-refractivity contribution is 5.76. The smallest absolute Gasteiger partial charge is 0.222 e. The quantitative estimate of drug-likeness (QED) is 0.731. The molecule has 0 atom stereocenters. The van der Waals surface area contributed by atoms with Crippen LogP contribution in [0, 0.1) is 12.3 Å². The summed E-state index contributed by atoms with van der Waals surface area (Å²) in [4.78, 5) is 17.0. The Morgan fingerprint density at radius 1 is 1.04 bits per heavy atom. The van der Waals surface area contributed by atoms with E-state index in [1.807, 2.05) is 0 Å². The Hall–Kier alpha value is -1.41. The third kappa shape index (κ3) is 6.31. The second-order valence-electron chi connectivity index (χ2n) is 6.84. The lowest BCUT2D eigenvalue weighted by Gasteiger charge is -2.24. The van der Waals surface area contributed by atoms with Crippen molar-refractivity contribution < 1.29 is 4.79 Å². The minimum Gasteiger partial charge on any atom is -0.343 e. The molecule has 0 radical (unpaired) electrons. The van der Waals surface area contributed by atoms with Crippen LogP contribution in [0.25, 0.3) is 0 Å². The van der Waals surface area contributed by atoms with Crippen LogP contribution in [0.5, 0.6) is 0 Å². The van der Waals surface area contributed by atoms with Crippen LogP contribution < -0.4 is 0 Å². The van der Waals surface area contributed by atoms with Gasteiger partial charge in [0.25, 0.3) is 0 Å². The van der Waals surface area contributed by atoms with Gasteiger partial charge in [0.05, 0.1) is 0 Å². The zero-order valence-electron chi connectivity index (χ0n) is 14.5. The normalized spacial score (nSPS) is 22.2. The fraction of sp³-hybridized carbons (Fsp3) is 0.833. The van der Waals surface area contributed by atoms with Gasteiger partial charge in [-0.2, -0.15) is 10.2 Å². The molecule has 23 heavy (non-hydrogen) atoms. The topological polar surface area (TPSA) is 48.3 Å². The molecule has 0 aromatic rings. The predicted molar refractivity (Wildman–Crippen MR) is 92.1 cm³/mol. The first-order chi connectivity index (χ1) is 11.2. The number of rotatable bonds is 5. The van der Waals surface area contributed by atoms with E-state index in [0.717, 1.165) is 38.9 Å². The second kappa shape index (κ2) is 9.02. The molecule has 0 spiro atoms. The number of hydrogen-bond acceptors (Lipinski definition) is 4. The number of terminal acetylenes is 1. The largest absolute Gasteiger partial charge is 0.343 e. The van der Waals surface area contributed by atoms with Gasteiger partial charge in [-0.15, -0.1) is 12.3 Å². The van der Waals surface area contributed by atoms with E-state index in [9.17, 15) is 4.79 Å². The van der Waals surface area contributed by atoms with Gasteiger partial charge in [0.2, 0.25) is 5.91 Å². The van der Waals surface area contributed by atoms with Crippen molar-refractivity contribution in [2.75, 3.05) is 33.2 Å². The van der Waals surface area contributed by atoms with E-state index < -0.39 is 0 Å². The molecule has 5 heteroatoms. The molecule has 0 saturated carbocycles. The molecule has 1 saturated heterocycles. The van der Waals surface area contributed by atoms with Gasteiger partial charge in [0, 0.05) is 38.8 Å². The van der Waals surface area contributed by atoms with Crippen molar-refractivity contribution in [3.63, 3.8) is 0 Å². The van der Waals surface area contributed by atoms with Gasteiger partial charge in [-0.05, 0) is 39.4 Å². The maximum Gasteiger partial charge on any atom is 0.222 e. The number of hydrogen-bond donors (Lipinski definition) is 0. The minimum atomic E-state index is -0.336. The van der Waals surface area contributed by atoms with Crippen LogP contribution >= 0.6 is 0 Å². The van der Waals surface area contributed by atoms with Gasteiger partial charge in [0.15, 0.2) is 5.66 Å². The molecule has 2 aliphatic heterocycles. The highest BCUT2D eigenvalue weighted by Crippen LogP contribution is 2.37. The van der Waals surface area contributed by atoms with Crippen molar-refractivity contribution in [2.24, 2.45) is 10.2 Å². The number of amides is 1. The van der Waals surface area contributed by atoms with Crippen molar-refractivity contribution in [3.05, 3.63) is 0 Å². The van der Waals surface area contributed by atoms with E-state index in [0.29, 0.717) is 19.3 Å². The maximum absolute atomic E-state index is 12.6. The van der Waals surface area contributed by atoms with Gasteiger partial charge in [-0.1, -0.05) is 12.8 Å². The molecule has 0 unspecified atom stereocenters. The summed E-state index contributed by atoms with van der Waals surface area (Å²) in [5.74, 6) is 2.89. The van der Waals surface area contributed by atoms with Gasteiger partial charge < -0.3 is 9.80 Å². The molecule has 0 N–H and O–H groups in total. The average molecular weight is 318 g/mol. The van der Waals surface area contributed by atoms with Crippen LogP contribution in [-0.4, -0.2) is 54.6 Å². The zero-order valence-corrected chi connectivity index (χ0v) is 14.5. The monoisotopic (exact) mass is 318 g/mol. The van der Waals surface area contributed by atoms with Crippen molar-refractivity contribution in [1.82, 2.24) is 9.80 Å². The first-order valence-corrected chi connectivity index (χ1v) is 8.99. The molecule has 2 heterocycles. The summed E-state index contributed by atoms with van der Waals surface area (Å²) in [5.41, 5.74) is -0.336. The van der Waals surface area contributed by atoms with Crippen LogP contribution in [0.15, 0.2) is 10.2 Å². The van der Waals surface area contributed by atoms with E-state index in [4.69, 9.17) is 6.42 Å². The molecule has 0 aliphatic carbocycles. The lowest BCUT2D eigenvalue weighted by Crippen LogP contribution is -2.35. The van der Waals surface area contributed by atoms with Gasteiger partial charge in [0.1, 0.15) is 0 Å². The highest BCUT2D eigenvalue weighted by Gasteiger charge is 2.39. The van der Waals surface area contributed by atoms with Crippen LogP contribution in [0.4, 0.5) is 0 Å². The van der Waals surface area contributed by atoms with E-state index >= 15 is 0 Å². The summed E-state index contributed by atoms with van der Waals surface area (Å²) < 4.78 is 0. The third-order valence-corrected chi connectivity index (χ3v) is 4.83. The Morgan fingerprint density at radius 3 is 2.39 bits per heavy atom. The molecule has 1 fully saturated rings. The Balaban J connectivity index is 1.77. The lowest BCUT2D eigenvalue weighted by atomic mass is 10.0. The fourth-order valence-corrected chi connectivity index (χ4v) is 3.18. The van der Waals surface area contributed by atoms with Crippen molar-refractivity contribution >= 4 is 5.91 Å². The molecular weight excluding hydrogens is 288 g/mol. The maximum atomic E-state index is 12.6. The summed E-state index contributed by atoms with van der Waals surface area (Å²) in [7, 11) is 2.18. The molecule has 1 amide bonds. The average Bonchev–Trinajstić information content (AvgIpc) is 3.32. The van der Waals surface area contributed by atoms with E-state index in [-0.39, 0.29) is 11.6 Å². The summed E-state index contributed by atoms with van der Waals surface area (Å²) in [6.45, 7) is 4.01. The minimum absolute atomic E-state index is 0.254. The molecular formula is C18H30N4O. The zero-order chi connectivity index (χ0) is 16.5. The summed E-state index contributed by atoms with van der Waals surface area (Å²) in [5, 5.41) is 8.25. The lowest BCUT2D eigenvalue weighted by molar-refractivity contribution is -0.131. The second-order valence-corrected chi connectivity index (χ2v) is 6.84. The molecule has 0 aromatic heterocycles. The Bertz CT molecular complexity index is 448. The molecule has 5 nitrogen and oxygen atoms in total. The van der Waals surface area contributed by atoms with E-state index in [1.54, 1.807) is 0 Å². The van der Waals surface area contributed by atoms with Crippen LogP contribution in [-0.2, 0) is 4.79 Å². The SMILES string of the molecule is C#CCCC1(CCC(=O)N2CCCCCCN(C)CCC2)N=N1. The van der Waals surface area contributed by atoms with E-state index in [1.165, 1.54) is 25.8 Å². The van der Waals surface area contributed by atoms with Gasteiger partial charge in [-0.3, -0.25) is 4.79 Å². The van der Waals surface area contributed by atoms with Crippen LogP contribution in [0.1, 0.15) is 57.8 Å². The molecule has 2 rings (SSSR count). The van der Waals surface area contributed by atoms with Crippen LogP contribution in [0.3, 0.4) is 0 Å². The fourth-order valence-electron chi connectivity index (χ4n) is 3.18. The summed E-state index contributed by atoms with van der Waals surface area (Å²) in [6.07, 6.45) is 13.9.